The number of aliphatic hydroxyl groups is 1. The number of hydrogen-bond acceptors (Lipinski definition) is 3. The molecule has 3 unspecified atom stereocenters. The Hall–Kier alpha value is -0.390. The van der Waals surface area contributed by atoms with E-state index < -0.39 is 0 Å². The van der Waals surface area contributed by atoms with Crippen LogP contribution in [0.1, 0.15) is 32.6 Å². The quantitative estimate of drug-likeness (QED) is 0.875. The summed E-state index contributed by atoms with van der Waals surface area (Å²) >= 11 is 3.40. The van der Waals surface area contributed by atoms with Gasteiger partial charge in [0.05, 0.1) is 17.2 Å². The number of aromatic nitrogens is 2. The molecule has 1 aliphatic rings. The number of aliphatic hydroxyl groups excluding tert-OH is 1. The monoisotopic (exact) mass is 315 g/mol. The Morgan fingerprint density at radius 2 is 2.33 bits per heavy atom. The third-order valence-electron chi connectivity index (χ3n) is 3.70. The van der Waals surface area contributed by atoms with Crippen molar-refractivity contribution in [3.63, 3.8) is 0 Å². The van der Waals surface area contributed by atoms with Crippen LogP contribution in [-0.4, -0.2) is 33.6 Å². The molecule has 0 spiro atoms. The molecule has 2 rings (SSSR count). The first-order chi connectivity index (χ1) is 8.69. The Labute approximate surface area is 117 Å². The van der Waals surface area contributed by atoms with E-state index >= 15 is 0 Å². The Bertz CT molecular complexity index is 369. The number of halogens is 1. The first-order valence-electron chi connectivity index (χ1n) is 6.74. The van der Waals surface area contributed by atoms with Crippen molar-refractivity contribution in [2.45, 2.75) is 51.2 Å². The van der Waals surface area contributed by atoms with Crippen molar-refractivity contribution in [1.29, 1.82) is 0 Å². The van der Waals surface area contributed by atoms with Crippen molar-refractivity contribution >= 4 is 15.9 Å². The maximum atomic E-state index is 9.40. The molecule has 1 aromatic heterocycles. The van der Waals surface area contributed by atoms with Crippen LogP contribution in [0.3, 0.4) is 0 Å². The lowest BCUT2D eigenvalue weighted by molar-refractivity contribution is 0.145. The van der Waals surface area contributed by atoms with Gasteiger partial charge in [-0.05, 0) is 41.6 Å². The molecule has 1 fully saturated rings. The molecule has 5 heteroatoms. The van der Waals surface area contributed by atoms with Gasteiger partial charge in [0.1, 0.15) is 0 Å². The second kappa shape index (κ2) is 6.68. The van der Waals surface area contributed by atoms with Gasteiger partial charge in [-0.25, -0.2) is 0 Å². The molecule has 1 saturated carbocycles. The summed E-state index contributed by atoms with van der Waals surface area (Å²) in [5, 5.41) is 17.3. The van der Waals surface area contributed by atoms with Crippen LogP contribution in [0, 0.1) is 5.92 Å². The van der Waals surface area contributed by atoms with Crippen LogP contribution < -0.4 is 5.32 Å². The molecule has 4 nitrogen and oxygen atoms in total. The predicted octanol–water partition coefficient (Wildman–Crippen LogP) is 2.17. The lowest BCUT2D eigenvalue weighted by Gasteiger charge is -2.33. The minimum atomic E-state index is 0.303. The largest absolute Gasteiger partial charge is 0.396 e. The zero-order chi connectivity index (χ0) is 13.0. The average molecular weight is 316 g/mol. The molecular formula is C13H22BrN3O. The fourth-order valence-electron chi connectivity index (χ4n) is 2.78. The van der Waals surface area contributed by atoms with E-state index in [1.165, 1.54) is 19.3 Å². The van der Waals surface area contributed by atoms with Crippen LogP contribution in [0.2, 0.25) is 0 Å². The van der Waals surface area contributed by atoms with Gasteiger partial charge in [-0.15, -0.1) is 0 Å². The van der Waals surface area contributed by atoms with Gasteiger partial charge in [0, 0.05) is 24.9 Å². The van der Waals surface area contributed by atoms with Gasteiger partial charge in [-0.1, -0.05) is 12.8 Å². The molecule has 1 aromatic rings. The van der Waals surface area contributed by atoms with Gasteiger partial charge in [0.25, 0.3) is 0 Å². The van der Waals surface area contributed by atoms with Gasteiger partial charge in [0.15, 0.2) is 0 Å². The molecule has 1 aliphatic carbocycles. The normalized spacial score (nSPS) is 26.2. The van der Waals surface area contributed by atoms with Crippen molar-refractivity contribution in [1.82, 2.24) is 15.1 Å². The van der Waals surface area contributed by atoms with Crippen molar-refractivity contribution in [2.24, 2.45) is 5.92 Å². The molecule has 1 heterocycles. The first kappa shape index (κ1) is 14.0. The van der Waals surface area contributed by atoms with Crippen molar-refractivity contribution in [2.75, 3.05) is 6.61 Å². The summed E-state index contributed by atoms with van der Waals surface area (Å²) in [6.07, 6.45) is 8.65. The van der Waals surface area contributed by atoms with Crippen LogP contribution in [0.15, 0.2) is 16.9 Å². The van der Waals surface area contributed by atoms with Crippen LogP contribution in [-0.2, 0) is 6.54 Å². The lowest BCUT2D eigenvalue weighted by Crippen LogP contribution is -2.45. The van der Waals surface area contributed by atoms with Crippen molar-refractivity contribution in [3.05, 3.63) is 16.9 Å². The van der Waals surface area contributed by atoms with E-state index in [1.807, 2.05) is 17.1 Å². The van der Waals surface area contributed by atoms with Gasteiger partial charge >= 0.3 is 0 Å². The third-order valence-corrected chi connectivity index (χ3v) is 4.11. The average Bonchev–Trinajstić information content (AvgIpc) is 2.75. The molecule has 2 N–H and O–H groups in total. The van der Waals surface area contributed by atoms with E-state index in [1.54, 1.807) is 0 Å². The Morgan fingerprint density at radius 1 is 1.56 bits per heavy atom. The maximum Gasteiger partial charge on any atom is 0.0632 e. The van der Waals surface area contributed by atoms with Crippen LogP contribution in [0.25, 0.3) is 0 Å². The molecule has 0 amide bonds. The summed E-state index contributed by atoms with van der Waals surface area (Å²) in [5.74, 6) is 0.422. The van der Waals surface area contributed by atoms with E-state index in [0.717, 1.165) is 17.4 Å². The SMILES string of the molecule is CC(Cn1cc(Br)cn1)NC1CCCCC1CO. The molecule has 0 aliphatic heterocycles. The highest BCUT2D eigenvalue weighted by atomic mass is 79.9. The Kier molecular flexibility index (Phi) is 5.21. The second-order valence-electron chi connectivity index (χ2n) is 5.28. The molecular weight excluding hydrogens is 294 g/mol. The maximum absolute atomic E-state index is 9.40. The number of hydrogen-bond donors (Lipinski definition) is 2. The number of rotatable bonds is 5. The summed E-state index contributed by atoms with van der Waals surface area (Å²) < 4.78 is 2.96. The minimum absolute atomic E-state index is 0.303. The van der Waals surface area contributed by atoms with Crippen LogP contribution >= 0.6 is 15.9 Å². The minimum Gasteiger partial charge on any atom is -0.396 e. The summed E-state index contributed by atoms with van der Waals surface area (Å²) in [5.41, 5.74) is 0. The Balaban J connectivity index is 1.84. The molecule has 0 aromatic carbocycles. The van der Waals surface area contributed by atoms with Crippen molar-refractivity contribution in [3.8, 4) is 0 Å². The fourth-order valence-corrected chi connectivity index (χ4v) is 3.11. The fraction of sp³-hybridized carbons (Fsp3) is 0.769. The molecule has 18 heavy (non-hydrogen) atoms. The van der Waals surface area contributed by atoms with Crippen LogP contribution in [0.4, 0.5) is 0 Å². The summed E-state index contributed by atoms with van der Waals surface area (Å²) in [4.78, 5) is 0. The first-order valence-corrected chi connectivity index (χ1v) is 7.53. The topological polar surface area (TPSA) is 50.1 Å². The van der Waals surface area contributed by atoms with Gasteiger partial charge < -0.3 is 10.4 Å². The van der Waals surface area contributed by atoms with E-state index in [2.05, 4.69) is 33.3 Å². The lowest BCUT2D eigenvalue weighted by atomic mass is 9.84. The van der Waals surface area contributed by atoms with Gasteiger partial charge in [0.2, 0.25) is 0 Å². The zero-order valence-corrected chi connectivity index (χ0v) is 12.4. The van der Waals surface area contributed by atoms with Crippen LogP contribution in [0.5, 0.6) is 0 Å². The standard InChI is InChI=1S/C13H22BrN3O/c1-10(7-17-8-12(14)6-15-17)16-13-5-3-2-4-11(13)9-18/h6,8,10-11,13,16,18H,2-5,7,9H2,1H3. The highest BCUT2D eigenvalue weighted by Crippen LogP contribution is 2.24. The summed E-state index contributed by atoms with van der Waals surface area (Å²) in [6, 6.07) is 0.826. The Morgan fingerprint density at radius 3 is 3.00 bits per heavy atom. The third kappa shape index (κ3) is 3.80. The van der Waals surface area contributed by atoms with E-state index in [4.69, 9.17) is 0 Å². The highest BCUT2D eigenvalue weighted by Gasteiger charge is 2.25. The van der Waals surface area contributed by atoms with E-state index in [9.17, 15) is 5.11 Å². The van der Waals surface area contributed by atoms with E-state index in [-0.39, 0.29) is 0 Å². The van der Waals surface area contributed by atoms with Gasteiger partial charge in [-0.2, -0.15) is 5.10 Å². The van der Waals surface area contributed by atoms with Gasteiger partial charge in [-0.3, -0.25) is 4.68 Å². The molecule has 0 radical (unpaired) electrons. The van der Waals surface area contributed by atoms with E-state index in [0.29, 0.717) is 24.6 Å². The summed E-state index contributed by atoms with van der Waals surface area (Å²) in [6.45, 7) is 3.34. The number of nitrogens with one attached hydrogen (secondary N) is 1. The molecule has 102 valence electrons. The highest BCUT2D eigenvalue weighted by molar-refractivity contribution is 9.10. The molecule has 3 atom stereocenters. The molecule has 0 saturated heterocycles. The summed E-state index contributed by atoms with van der Waals surface area (Å²) in [7, 11) is 0. The molecule has 0 bridgehead atoms. The van der Waals surface area contributed by atoms with Crippen molar-refractivity contribution < 1.29 is 5.11 Å². The smallest absolute Gasteiger partial charge is 0.0632 e. The zero-order valence-electron chi connectivity index (χ0n) is 10.8. The second-order valence-corrected chi connectivity index (χ2v) is 6.20. The number of nitrogens with zero attached hydrogens (tertiary/aromatic N) is 2. The predicted molar refractivity (Wildman–Crippen MR) is 75.4 cm³/mol.